The molecule has 118 valence electrons. The molecule has 2 aromatic rings. The van der Waals surface area contributed by atoms with Crippen LogP contribution in [0.1, 0.15) is 41.4 Å². The van der Waals surface area contributed by atoms with E-state index in [1.165, 1.54) is 0 Å². The van der Waals surface area contributed by atoms with E-state index in [2.05, 4.69) is 5.16 Å². The van der Waals surface area contributed by atoms with Crippen molar-refractivity contribution in [1.82, 2.24) is 9.72 Å². The predicted octanol–water partition coefficient (Wildman–Crippen LogP) is 2.77. The molecule has 0 fully saturated rings. The molecule has 0 atom stereocenters. The van der Waals surface area contributed by atoms with Crippen molar-refractivity contribution in [3.8, 4) is 5.82 Å². The number of aryl methyl sites for hydroxylation is 2. The van der Waals surface area contributed by atoms with E-state index in [-0.39, 0.29) is 24.3 Å². The van der Waals surface area contributed by atoms with Gasteiger partial charge in [-0.2, -0.15) is 0 Å². The van der Waals surface area contributed by atoms with Gasteiger partial charge in [0.15, 0.2) is 12.4 Å². The fourth-order valence-electron chi connectivity index (χ4n) is 2.24. The van der Waals surface area contributed by atoms with Crippen LogP contribution >= 0.6 is 0 Å². The minimum atomic E-state index is -0.380. The molecule has 2 rings (SSSR count). The van der Waals surface area contributed by atoms with Crippen LogP contribution in [-0.4, -0.2) is 28.1 Å². The quantitative estimate of drug-likeness (QED) is 0.627. The number of hydrogen-bond acceptors (Lipinski definition) is 5. The number of rotatable bonds is 5. The molecular weight excluding hydrogens is 284 g/mol. The van der Waals surface area contributed by atoms with E-state index in [0.717, 1.165) is 11.4 Å². The number of nitrogens with zero attached hydrogens (tertiary/aromatic N) is 2. The van der Waals surface area contributed by atoms with E-state index in [0.29, 0.717) is 17.1 Å². The van der Waals surface area contributed by atoms with Gasteiger partial charge in [-0.15, -0.1) is 0 Å². The Hall–Kier alpha value is -2.37. The van der Waals surface area contributed by atoms with Gasteiger partial charge in [-0.25, -0.2) is 0 Å². The third-order valence-electron chi connectivity index (χ3n) is 3.39. The number of ketones is 1. The third kappa shape index (κ3) is 3.10. The van der Waals surface area contributed by atoms with Crippen molar-refractivity contribution >= 4 is 11.8 Å². The van der Waals surface area contributed by atoms with Crippen LogP contribution in [0.3, 0.4) is 0 Å². The molecule has 0 unspecified atom stereocenters. The van der Waals surface area contributed by atoms with Crippen molar-refractivity contribution in [3.63, 3.8) is 0 Å². The number of carbonyl (C=O) groups is 2. The molecule has 0 amide bonds. The summed E-state index contributed by atoms with van der Waals surface area (Å²) in [5.41, 5.74) is 2.13. The fourth-order valence-corrected chi connectivity index (χ4v) is 2.24. The molecule has 0 N–H and O–H groups in total. The van der Waals surface area contributed by atoms with Crippen molar-refractivity contribution < 1.29 is 18.8 Å². The zero-order valence-corrected chi connectivity index (χ0v) is 13.5. The zero-order valence-electron chi connectivity index (χ0n) is 13.5. The molecule has 0 aromatic carbocycles. The second kappa shape index (κ2) is 6.17. The SMILES string of the molecule is Cc1cc(-n2c(C)cc(C(=O)COC(=O)C(C)C)c2C)no1. The molecule has 0 bridgehead atoms. The van der Waals surface area contributed by atoms with Gasteiger partial charge in [-0.1, -0.05) is 19.0 Å². The van der Waals surface area contributed by atoms with E-state index < -0.39 is 0 Å². The summed E-state index contributed by atoms with van der Waals surface area (Å²) >= 11 is 0. The van der Waals surface area contributed by atoms with Gasteiger partial charge in [-0.05, 0) is 26.8 Å². The lowest BCUT2D eigenvalue weighted by Gasteiger charge is -2.07. The highest BCUT2D eigenvalue weighted by atomic mass is 16.5. The van der Waals surface area contributed by atoms with Crippen LogP contribution in [0.2, 0.25) is 0 Å². The van der Waals surface area contributed by atoms with Gasteiger partial charge in [0.2, 0.25) is 5.78 Å². The van der Waals surface area contributed by atoms with Crippen LogP contribution in [-0.2, 0) is 9.53 Å². The third-order valence-corrected chi connectivity index (χ3v) is 3.39. The van der Waals surface area contributed by atoms with E-state index >= 15 is 0 Å². The molecule has 0 aliphatic rings. The van der Waals surface area contributed by atoms with E-state index in [1.807, 2.05) is 25.3 Å². The van der Waals surface area contributed by atoms with Crippen LogP contribution in [0.15, 0.2) is 16.7 Å². The van der Waals surface area contributed by atoms with E-state index in [9.17, 15) is 9.59 Å². The second-order valence-electron chi connectivity index (χ2n) is 5.60. The minimum Gasteiger partial charge on any atom is -0.457 e. The highest BCUT2D eigenvalue weighted by Gasteiger charge is 2.20. The zero-order chi connectivity index (χ0) is 16.4. The number of esters is 1. The first-order chi connectivity index (χ1) is 10.3. The maximum atomic E-state index is 12.3. The monoisotopic (exact) mass is 304 g/mol. The lowest BCUT2D eigenvalue weighted by Crippen LogP contribution is -2.18. The summed E-state index contributed by atoms with van der Waals surface area (Å²) in [6.45, 7) is 8.72. The molecule has 0 aliphatic heterocycles. The van der Waals surface area contributed by atoms with Crippen LogP contribution in [0.25, 0.3) is 5.82 Å². The van der Waals surface area contributed by atoms with Crippen LogP contribution in [0, 0.1) is 26.7 Å². The average Bonchev–Trinajstić information content (AvgIpc) is 2.99. The predicted molar refractivity (Wildman–Crippen MR) is 80.2 cm³/mol. The molecule has 6 nitrogen and oxygen atoms in total. The number of carbonyl (C=O) groups excluding carboxylic acids is 2. The van der Waals surface area contributed by atoms with Crippen LogP contribution in [0.5, 0.6) is 0 Å². The maximum Gasteiger partial charge on any atom is 0.308 e. The summed E-state index contributed by atoms with van der Waals surface area (Å²) in [4.78, 5) is 23.7. The van der Waals surface area contributed by atoms with Crippen molar-refractivity contribution in [2.75, 3.05) is 6.61 Å². The number of aromatic nitrogens is 2. The summed E-state index contributed by atoms with van der Waals surface area (Å²) < 4.78 is 11.9. The molecule has 0 radical (unpaired) electrons. The van der Waals surface area contributed by atoms with Crippen LogP contribution < -0.4 is 0 Å². The minimum absolute atomic E-state index is 0.228. The maximum absolute atomic E-state index is 12.3. The smallest absolute Gasteiger partial charge is 0.308 e. The summed E-state index contributed by atoms with van der Waals surface area (Å²) in [6, 6.07) is 3.57. The Balaban J connectivity index is 2.23. The Labute approximate surface area is 129 Å². The van der Waals surface area contributed by atoms with Crippen LogP contribution in [0.4, 0.5) is 0 Å². The van der Waals surface area contributed by atoms with Gasteiger partial charge in [-0.3, -0.25) is 14.2 Å². The Kier molecular flexibility index (Phi) is 4.49. The molecule has 0 spiro atoms. The number of ether oxygens (including phenoxy) is 1. The number of hydrogen-bond donors (Lipinski definition) is 0. The van der Waals surface area contributed by atoms with Gasteiger partial charge >= 0.3 is 5.97 Å². The van der Waals surface area contributed by atoms with Gasteiger partial charge in [0.25, 0.3) is 0 Å². The standard InChI is InChI=1S/C16H20N2O4/c1-9(2)16(20)21-8-14(19)13-6-10(3)18(12(13)5)15-7-11(4)22-17-15/h6-7,9H,8H2,1-5H3. The summed E-state index contributed by atoms with van der Waals surface area (Å²) in [5.74, 6) is 0.466. The first-order valence-corrected chi connectivity index (χ1v) is 7.13. The Bertz CT molecular complexity index is 710. The Morgan fingerprint density at radius 2 is 1.95 bits per heavy atom. The first-order valence-electron chi connectivity index (χ1n) is 7.13. The first kappa shape index (κ1) is 16.0. The Morgan fingerprint density at radius 1 is 1.27 bits per heavy atom. The van der Waals surface area contributed by atoms with Crippen molar-refractivity contribution in [2.45, 2.75) is 34.6 Å². The molecular formula is C16H20N2O4. The van der Waals surface area contributed by atoms with Gasteiger partial charge in [0.1, 0.15) is 5.76 Å². The summed E-state index contributed by atoms with van der Waals surface area (Å²) in [6.07, 6.45) is 0. The molecule has 2 aromatic heterocycles. The van der Waals surface area contributed by atoms with Gasteiger partial charge in [0.05, 0.1) is 5.92 Å². The number of Topliss-reactive ketones (excluding diaryl/α,β-unsaturated/α-hetero) is 1. The highest BCUT2D eigenvalue weighted by Crippen LogP contribution is 2.21. The lowest BCUT2D eigenvalue weighted by molar-refractivity contribution is -0.146. The van der Waals surface area contributed by atoms with Crippen molar-refractivity contribution in [2.24, 2.45) is 5.92 Å². The average molecular weight is 304 g/mol. The summed E-state index contributed by atoms with van der Waals surface area (Å²) in [7, 11) is 0. The van der Waals surface area contributed by atoms with Crippen molar-refractivity contribution in [1.29, 1.82) is 0 Å². The molecule has 0 saturated heterocycles. The molecule has 0 saturated carbocycles. The molecule has 22 heavy (non-hydrogen) atoms. The topological polar surface area (TPSA) is 74.3 Å². The summed E-state index contributed by atoms with van der Waals surface area (Å²) in [5, 5.41) is 3.97. The van der Waals surface area contributed by atoms with E-state index in [4.69, 9.17) is 9.26 Å². The largest absolute Gasteiger partial charge is 0.457 e. The highest BCUT2D eigenvalue weighted by molar-refractivity contribution is 5.99. The van der Waals surface area contributed by atoms with E-state index in [1.54, 1.807) is 26.0 Å². The normalized spacial score (nSPS) is 11.0. The van der Waals surface area contributed by atoms with Gasteiger partial charge < -0.3 is 9.26 Å². The molecule has 2 heterocycles. The Morgan fingerprint density at radius 3 is 2.50 bits per heavy atom. The van der Waals surface area contributed by atoms with Gasteiger partial charge in [0, 0.05) is 23.0 Å². The van der Waals surface area contributed by atoms with Crippen molar-refractivity contribution in [3.05, 3.63) is 34.8 Å². The lowest BCUT2D eigenvalue weighted by atomic mass is 10.1. The fraction of sp³-hybridized carbons (Fsp3) is 0.438. The second-order valence-corrected chi connectivity index (χ2v) is 5.60. The molecule has 0 aliphatic carbocycles. The molecule has 6 heteroatoms.